The first-order valence-corrected chi connectivity index (χ1v) is 9.02. The molecule has 0 saturated carbocycles. The highest BCUT2D eigenvalue weighted by molar-refractivity contribution is 9.10. The third kappa shape index (κ3) is 6.19. The topological polar surface area (TPSA) is 21.3 Å². The number of ether oxygens (including phenoxy) is 1. The van der Waals surface area contributed by atoms with Crippen molar-refractivity contribution in [2.75, 3.05) is 25.2 Å². The molecule has 0 bridgehead atoms. The Morgan fingerprint density at radius 1 is 1.42 bits per heavy atom. The van der Waals surface area contributed by atoms with Crippen LogP contribution in [0.3, 0.4) is 0 Å². The van der Waals surface area contributed by atoms with Gasteiger partial charge in [-0.15, -0.1) is 0 Å². The lowest BCUT2D eigenvalue weighted by Gasteiger charge is -2.18. The molecular formula is C15H24BrNOS. The van der Waals surface area contributed by atoms with E-state index in [0.717, 1.165) is 42.0 Å². The van der Waals surface area contributed by atoms with Crippen molar-refractivity contribution in [2.45, 2.75) is 32.7 Å². The van der Waals surface area contributed by atoms with Gasteiger partial charge in [0, 0.05) is 16.1 Å². The summed E-state index contributed by atoms with van der Waals surface area (Å²) in [5.74, 6) is 2.15. The Kier molecular flexibility index (Phi) is 8.58. The number of hydrogen-bond donors (Lipinski definition) is 1. The molecule has 1 unspecified atom stereocenters. The molecule has 19 heavy (non-hydrogen) atoms. The molecule has 0 aliphatic heterocycles. The fourth-order valence-corrected chi connectivity index (χ4v) is 2.63. The normalized spacial score (nSPS) is 12.4. The highest BCUT2D eigenvalue weighted by Gasteiger charge is 2.11. The van der Waals surface area contributed by atoms with E-state index in [-0.39, 0.29) is 0 Å². The van der Waals surface area contributed by atoms with Crippen LogP contribution in [0.25, 0.3) is 0 Å². The minimum atomic E-state index is 0.313. The van der Waals surface area contributed by atoms with Gasteiger partial charge in [-0.1, -0.05) is 22.9 Å². The summed E-state index contributed by atoms with van der Waals surface area (Å²) in [6.07, 6.45) is 4.36. The maximum atomic E-state index is 5.92. The molecule has 0 heterocycles. The number of benzene rings is 1. The molecule has 1 N–H and O–H groups in total. The predicted octanol–water partition coefficient (Wildman–Crippen LogP) is 4.64. The maximum absolute atomic E-state index is 5.92. The molecular weight excluding hydrogens is 322 g/mol. The fraction of sp³-hybridized carbons (Fsp3) is 0.600. The summed E-state index contributed by atoms with van der Waals surface area (Å²) in [4.78, 5) is 0. The van der Waals surface area contributed by atoms with Gasteiger partial charge < -0.3 is 10.1 Å². The average Bonchev–Trinajstić information content (AvgIpc) is 2.42. The van der Waals surface area contributed by atoms with Gasteiger partial charge in [-0.25, -0.2) is 0 Å². The van der Waals surface area contributed by atoms with Crippen LogP contribution < -0.4 is 10.1 Å². The Morgan fingerprint density at radius 3 is 2.89 bits per heavy atom. The molecule has 1 atom stereocenters. The SMILES string of the molecule is CCCNC(C)c1cc(Br)ccc1OCCCSC. The van der Waals surface area contributed by atoms with Crippen LogP contribution in [0.2, 0.25) is 0 Å². The minimum absolute atomic E-state index is 0.313. The van der Waals surface area contributed by atoms with E-state index in [9.17, 15) is 0 Å². The zero-order valence-electron chi connectivity index (χ0n) is 12.0. The largest absolute Gasteiger partial charge is 0.493 e. The quantitative estimate of drug-likeness (QED) is 0.658. The highest BCUT2D eigenvalue weighted by atomic mass is 79.9. The number of halogens is 1. The van der Waals surface area contributed by atoms with Crippen molar-refractivity contribution in [3.63, 3.8) is 0 Å². The molecule has 0 spiro atoms. The summed E-state index contributed by atoms with van der Waals surface area (Å²) >= 11 is 5.40. The molecule has 0 saturated heterocycles. The molecule has 0 aliphatic carbocycles. The van der Waals surface area contributed by atoms with E-state index in [1.807, 2.05) is 17.8 Å². The van der Waals surface area contributed by atoms with Crippen molar-refractivity contribution in [3.8, 4) is 5.75 Å². The molecule has 0 aliphatic rings. The summed E-state index contributed by atoms with van der Waals surface area (Å²) in [5, 5.41) is 3.51. The predicted molar refractivity (Wildman–Crippen MR) is 89.3 cm³/mol. The van der Waals surface area contributed by atoms with Crippen molar-refractivity contribution in [1.82, 2.24) is 5.32 Å². The molecule has 1 aromatic rings. The lowest BCUT2D eigenvalue weighted by atomic mass is 10.1. The zero-order chi connectivity index (χ0) is 14.1. The lowest BCUT2D eigenvalue weighted by Crippen LogP contribution is -2.20. The van der Waals surface area contributed by atoms with Crippen molar-refractivity contribution in [1.29, 1.82) is 0 Å². The highest BCUT2D eigenvalue weighted by Crippen LogP contribution is 2.28. The number of thioether (sulfide) groups is 1. The molecule has 2 nitrogen and oxygen atoms in total. The summed E-state index contributed by atoms with van der Waals surface area (Å²) in [5.41, 5.74) is 1.23. The van der Waals surface area contributed by atoms with Crippen molar-refractivity contribution in [3.05, 3.63) is 28.2 Å². The van der Waals surface area contributed by atoms with E-state index in [2.05, 4.69) is 53.5 Å². The molecule has 0 aromatic heterocycles. The second kappa shape index (κ2) is 9.67. The molecule has 0 radical (unpaired) electrons. The van der Waals surface area contributed by atoms with E-state index in [4.69, 9.17) is 4.74 Å². The van der Waals surface area contributed by atoms with Gasteiger partial charge in [0.25, 0.3) is 0 Å². The van der Waals surface area contributed by atoms with E-state index in [1.165, 1.54) is 5.56 Å². The van der Waals surface area contributed by atoms with E-state index in [0.29, 0.717) is 6.04 Å². The smallest absolute Gasteiger partial charge is 0.124 e. The van der Waals surface area contributed by atoms with Crippen LogP contribution in [-0.2, 0) is 0 Å². The van der Waals surface area contributed by atoms with Crippen LogP contribution in [0.4, 0.5) is 0 Å². The summed E-state index contributed by atoms with van der Waals surface area (Å²) in [6, 6.07) is 6.56. The molecule has 1 rings (SSSR count). The van der Waals surface area contributed by atoms with Gasteiger partial charge in [0.15, 0.2) is 0 Å². The Balaban J connectivity index is 2.67. The van der Waals surface area contributed by atoms with Crippen molar-refractivity contribution >= 4 is 27.7 Å². The van der Waals surface area contributed by atoms with Gasteiger partial charge in [0.05, 0.1) is 6.61 Å². The molecule has 4 heteroatoms. The van der Waals surface area contributed by atoms with Crippen LogP contribution in [0.5, 0.6) is 5.75 Å². The van der Waals surface area contributed by atoms with E-state index in [1.54, 1.807) is 0 Å². The first kappa shape index (κ1) is 16.9. The van der Waals surface area contributed by atoms with Crippen LogP contribution in [0.1, 0.15) is 38.3 Å². The number of nitrogens with one attached hydrogen (secondary N) is 1. The van der Waals surface area contributed by atoms with E-state index < -0.39 is 0 Å². The zero-order valence-corrected chi connectivity index (χ0v) is 14.4. The Morgan fingerprint density at radius 2 is 2.21 bits per heavy atom. The third-order valence-electron chi connectivity index (χ3n) is 2.89. The summed E-state index contributed by atoms with van der Waals surface area (Å²) in [7, 11) is 0. The van der Waals surface area contributed by atoms with Gasteiger partial charge in [0.2, 0.25) is 0 Å². The number of hydrogen-bond acceptors (Lipinski definition) is 3. The Hall–Kier alpha value is -0.190. The summed E-state index contributed by atoms with van der Waals surface area (Å²) in [6.45, 7) is 6.18. The minimum Gasteiger partial charge on any atom is -0.493 e. The van der Waals surface area contributed by atoms with Gasteiger partial charge in [0.1, 0.15) is 5.75 Å². The van der Waals surface area contributed by atoms with Crippen LogP contribution in [0.15, 0.2) is 22.7 Å². The monoisotopic (exact) mass is 345 g/mol. The molecule has 108 valence electrons. The van der Waals surface area contributed by atoms with Crippen molar-refractivity contribution < 1.29 is 4.74 Å². The Bertz CT molecular complexity index is 373. The van der Waals surface area contributed by atoms with Crippen LogP contribution in [-0.4, -0.2) is 25.2 Å². The van der Waals surface area contributed by atoms with Gasteiger partial charge in [-0.2, -0.15) is 11.8 Å². The molecule has 1 aromatic carbocycles. The first-order chi connectivity index (χ1) is 9.19. The summed E-state index contributed by atoms with van der Waals surface area (Å²) < 4.78 is 7.02. The standard InChI is InChI=1S/C15H24BrNOS/c1-4-8-17-12(2)14-11-13(16)6-7-15(14)18-9-5-10-19-3/h6-7,11-12,17H,4-5,8-10H2,1-3H3. The van der Waals surface area contributed by atoms with Crippen molar-refractivity contribution in [2.24, 2.45) is 0 Å². The van der Waals surface area contributed by atoms with Gasteiger partial charge in [-0.05, 0) is 56.5 Å². The molecule has 0 amide bonds. The third-order valence-corrected chi connectivity index (χ3v) is 4.08. The van der Waals surface area contributed by atoms with Gasteiger partial charge >= 0.3 is 0 Å². The maximum Gasteiger partial charge on any atom is 0.124 e. The average molecular weight is 346 g/mol. The van der Waals surface area contributed by atoms with Gasteiger partial charge in [-0.3, -0.25) is 0 Å². The Labute approximate surface area is 129 Å². The first-order valence-electron chi connectivity index (χ1n) is 6.83. The second-order valence-corrected chi connectivity index (χ2v) is 6.45. The molecule has 0 fully saturated rings. The fourth-order valence-electron chi connectivity index (χ4n) is 1.85. The van der Waals surface area contributed by atoms with Crippen LogP contribution in [0, 0.1) is 0 Å². The van der Waals surface area contributed by atoms with Crippen LogP contribution >= 0.6 is 27.7 Å². The number of rotatable bonds is 9. The second-order valence-electron chi connectivity index (χ2n) is 4.55. The van der Waals surface area contributed by atoms with E-state index >= 15 is 0 Å². The lowest BCUT2D eigenvalue weighted by molar-refractivity contribution is 0.312.